The number of hydrogen-bond donors (Lipinski definition) is 1. The van der Waals surface area contributed by atoms with Crippen molar-refractivity contribution in [1.29, 1.82) is 0 Å². The van der Waals surface area contributed by atoms with Gasteiger partial charge >= 0.3 is 6.18 Å². The number of rotatable bonds is 5. The molecule has 1 aromatic carbocycles. The Morgan fingerprint density at radius 3 is 2.68 bits per heavy atom. The molecule has 0 fully saturated rings. The minimum Gasteiger partial charge on any atom is -0.324 e. The third-order valence-electron chi connectivity index (χ3n) is 3.27. The molecular weight excluding hydrogens is 397 g/mol. The number of carbonyl (C=O) groups excluding carboxylic acids is 1. The number of anilines is 1. The number of nitrogens with zero attached hydrogens (tertiary/aromatic N) is 1. The number of amides is 1. The Bertz CT molecular complexity index is 808. The zero-order chi connectivity index (χ0) is 18.8. The van der Waals surface area contributed by atoms with Crippen LogP contribution in [0, 0.1) is 6.92 Å². The molecule has 1 N–H and O–H groups in total. The molecule has 1 amide bonds. The van der Waals surface area contributed by atoms with Crippen LogP contribution in [0.5, 0.6) is 0 Å². The normalized spacial score (nSPS) is 14.2. The molecule has 1 aromatic heterocycles. The van der Waals surface area contributed by atoms with Crippen LogP contribution in [0.25, 0.3) is 0 Å². The highest BCUT2D eigenvalue weighted by Crippen LogP contribution is 2.36. The summed E-state index contributed by atoms with van der Waals surface area (Å²) in [6.07, 6.45) is -4.67. The fraction of sp³-hybridized carbons (Fsp3) is 0.333. The van der Waals surface area contributed by atoms with Crippen molar-refractivity contribution in [3.05, 3.63) is 44.9 Å². The van der Waals surface area contributed by atoms with Gasteiger partial charge in [-0.05, 0) is 32.0 Å². The zero-order valence-electron chi connectivity index (χ0n) is 13.2. The largest absolute Gasteiger partial charge is 0.418 e. The van der Waals surface area contributed by atoms with Crippen molar-refractivity contribution < 1.29 is 22.2 Å². The molecule has 1 heterocycles. The lowest BCUT2D eigenvalue weighted by Gasteiger charge is -2.16. The molecule has 0 radical (unpaired) electrons. The van der Waals surface area contributed by atoms with Crippen molar-refractivity contribution in [1.82, 2.24) is 4.98 Å². The summed E-state index contributed by atoms with van der Waals surface area (Å²) >= 11 is 6.99. The van der Waals surface area contributed by atoms with E-state index in [1.807, 2.05) is 0 Å². The summed E-state index contributed by atoms with van der Waals surface area (Å²) < 4.78 is 51.4. The van der Waals surface area contributed by atoms with Gasteiger partial charge in [-0.25, -0.2) is 4.98 Å². The number of aryl methyl sites for hydroxylation is 1. The Morgan fingerprint density at radius 2 is 2.12 bits per heavy atom. The van der Waals surface area contributed by atoms with E-state index in [1.165, 1.54) is 24.3 Å². The van der Waals surface area contributed by atoms with Crippen LogP contribution < -0.4 is 5.32 Å². The number of alkyl halides is 3. The van der Waals surface area contributed by atoms with E-state index in [0.717, 1.165) is 17.1 Å². The first-order chi connectivity index (χ1) is 11.6. The number of benzene rings is 1. The predicted octanol–water partition coefficient (Wildman–Crippen LogP) is 4.40. The van der Waals surface area contributed by atoms with Crippen LogP contribution in [0.2, 0.25) is 5.02 Å². The van der Waals surface area contributed by atoms with Gasteiger partial charge in [-0.15, -0.1) is 11.3 Å². The molecule has 2 rings (SSSR count). The number of thiazole rings is 1. The third-order valence-corrected chi connectivity index (χ3v) is 5.91. The summed E-state index contributed by atoms with van der Waals surface area (Å²) in [5.41, 5.74) is -0.889. The van der Waals surface area contributed by atoms with E-state index in [9.17, 15) is 22.2 Å². The molecule has 0 saturated carbocycles. The molecule has 2 aromatic rings. The van der Waals surface area contributed by atoms with Gasteiger partial charge in [-0.3, -0.25) is 9.00 Å². The Labute approximate surface area is 153 Å². The van der Waals surface area contributed by atoms with Crippen LogP contribution >= 0.6 is 22.9 Å². The first-order valence-electron chi connectivity index (χ1n) is 7.03. The fourth-order valence-electron chi connectivity index (χ4n) is 1.96. The van der Waals surface area contributed by atoms with Gasteiger partial charge in [0.05, 0.1) is 27.7 Å². The van der Waals surface area contributed by atoms with E-state index in [2.05, 4.69) is 10.3 Å². The van der Waals surface area contributed by atoms with Crippen LogP contribution in [0.1, 0.15) is 23.2 Å². The molecule has 25 heavy (non-hydrogen) atoms. The minimum absolute atomic E-state index is 0.0612. The smallest absolute Gasteiger partial charge is 0.324 e. The number of nitrogens with one attached hydrogen (secondary N) is 1. The molecule has 4 nitrogen and oxygen atoms in total. The summed E-state index contributed by atoms with van der Waals surface area (Å²) in [5.74, 6) is -0.704. The molecule has 0 unspecified atom stereocenters. The van der Waals surface area contributed by atoms with E-state index in [-0.39, 0.29) is 10.8 Å². The SMILES string of the molecule is Cc1nc(C[S@@](=O)[C@H](C)C(=O)Nc2ccc(Cl)cc2C(F)(F)F)cs1. The first-order valence-corrected chi connectivity index (χ1v) is 9.67. The lowest BCUT2D eigenvalue weighted by atomic mass is 10.1. The van der Waals surface area contributed by atoms with Crippen LogP contribution in [0.4, 0.5) is 18.9 Å². The Hall–Kier alpha value is -1.45. The summed E-state index contributed by atoms with van der Waals surface area (Å²) in [6, 6.07) is 3.05. The topological polar surface area (TPSA) is 59.1 Å². The van der Waals surface area contributed by atoms with Crippen LogP contribution in [0.15, 0.2) is 23.6 Å². The van der Waals surface area contributed by atoms with Crippen molar-refractivity contribution >= 4 is 45.3 Å². The highest BCUT2D eigenvalue weighted by molar-refractivity contribution is 7.85. The zero-order valence-corrected chi connectivity index (χ0v) is 15.6. The lowest BCUT2D eigenvalue weighted by molar-refractivity contribution is -0.137. The Morgan fingerprint density at radius 1 is 1.44 bits per heavy atom. The summed E-state index contributed by atoms with van der Waals surface area (Å²) in [7, 11) is -1.61. The Balaban J connectivity index is 2.12. The molecule has 0 saturated heterocycles. The number of aromatic nitrogens is 1. The van der Waals surface area contributed by atoms with Gasteiger partial charge in [0.25, 0.3) is 0 Å². The third kappa shape index (κ3) is 5.26. The average Bonchev–Trinajstić information content (AvgIpc) is 2.92. The fourth-order valence-corrected chi connectivity index (χ4v) is 3.84. The average molecular weight is 411 g/mol. The van der Waals surface area contributed by atoms with Gasteiger partial charge in [0.15, 0.2) is 0 Å². The second-order valence-corrected chi connectivity index (χ2v) is 8.46. The van der Waals surface area contributed by atoms with Crippen LogP contribution in [-0.2, 0) is 27.5 Å². The summed E-state index contributed by atoms with van der Waals surface area (Å²) in [6.45, 7) is 3.19. The molecule has 2 atom stereocenters. The molecule has 136 valence electrons. The van der Waals surface area contributed by atoms with Gasteiger partial charge in [-0.2, -0.15) is 13.2 Å². The highest BCUT2D eigenvalue weighted by Gasteiger charge is 2.34. The van der Waals surface area contributed by atoms with Crippen LogP contribution in [-0.4, -0.2) is 20.3 Å². The molecule has 10 heteroatoms. The van der Waals surface area contributed by atoms with Crippen LogP contribution in [0.3, 0.4) is 0 Å². The molecule has 0 bridgehead atoms. The van der Waals surface area contributed by atoms with E-state index in [4.69, 9.17) is 11.6 Å². The molecular formula is C15H14ClF3N2O2S2. The summed E-state index contributed by atoms with van der Waals surface area (Å²) in [4.78, 5) is 16.4. The maximum atomic E-state index is 13.1. The number of hydrogen-bond acceptors (Lipinski definition) is 4. The van der Waals surface area contributed by atoms with Gasteiger partial charge < -0.3 is 5.32 Å². The number of carbonyl (C=O) groups is 1. The van der Waals surface area contributed by atoms with Crippen molar-refractivity contribution in [2.24, 2.45) is 0 Å². The van der Waals surface area contributed by atoms with Gasteiger partial charge in [0.2, 0.25) is 5.91 Å². The highest BCUT2D eigenvalue weighted by atomic mass is 35.5. The van der Waals surface area contributed by atoms with E-state index in [0.29, 0.717) is 5.69 Å². The maximum Gasteiger partial charge on any atom is 0.418 e. The van der Waals surface area contributed by atoms with E-state index in [1.54, 1.807) is 12.3 Å². The lowest BCUT2D eigenvalue weighted by Crippen LogP contribution is -2.30. The van der Waals surface area contributed by atoms with E-state index >= 15 is 0 Å². The molecule has 0 aliphatic heterocycles. The van der Waals surface area contributed by atoms with Crippen molar-refractivity contribution in [2.45, 2.75) is 31.0 Å². The maximum absolute atomic E-state index is 13.1. The Kier molecular flexibility index (Phi) is 6.23. The number of halogens is 4. The van der Waals surface area contributed by atoms with Gasteiger partial charge in [0, 0.05) is 21.2 Å². The van der Waals surface area contributed by atoms with Gasteiger partial charge in [0.1, 0.15) is 5.25 Å². The van der Waals surface area contributed by atoms with E-state index < -0.39 is 39.4 Å². The molecule has 0 aliphatic carbocycles. The van der Waals surface area contributed by atoms with Gasteiger partial charge in [-0.1, -0.05) is 11.6 Å². The van der Waals surface area contributed by atoms with Crippen molar-refractivity contribution in [3.63, 3.8) is 0 Å². The summed E-state index contributed by atoms with van der Waals surface area (Å²) in [5, 5.41) is 3.63. The first kappa shape index (κ1) is 19.9. The second-order valence-electron chi connectivity index (χ2n) is 5.20. The quantitative estimate of drug-likeness (QED) is 0.794. The van der Waals surface area contributed by atoms with Crippen molar-refractivity contribution in [3.8, 4) is 0 Å². The molecule has 0 aliphatic rings. The minimum atomic E-state index is -4.67. The van der Waals surface area contributed by atoms with Crippen molar-refractivity contribution in [2.75, 3.05) is 5.32 Å². The monoisotopic (exact) mass is 410 g/mol. The standard InChI is InChI=1S/C15H14ClF3N2O2S2/c1-8(25(23)7-11-6-24-9(2)20-11)14(22)21-13-4-3-10(16)5-12(13)15(17,18)19/h3-6,8H,7H2,1-2H3,(H,21,22)/t8-,25-/m1/s1. The second kappa shape index (κ2) is 7.84. The molecule has 0 spiro atoms. The predicted molar refractivity (Wildman–Crippen MR) is 93.2 cm³/mol.